The van der Waals surface area contributed by atoms with Crippen LogP contribution < -0.4 is 5.32 Å². The summed E-state index contributed by atoms with van der Waals surface area (Å²) in [6, 6.07) is 0.135. The maximum atomic E-state index is 12.1. The van der Waals surface area contributed by atoms with E-state index < -0.39 is 0 Å². The molecule has 1 unspecified atom stereocenters. The molecule has 2 aromatic rings. The Morgan fingerprint density at radius 3 is 3.05 bits per heavy atom. The molecule has 2 aromatic heterocycles. The molecule has 1 aliphatic heterocycles. The summed E-state index contributed by atoms with van der Waals surface area (Å²) in [5, 5.41) is 11.3. The lowest BCUT2D eigenvalue weighted by Crippen LogP contribution is -2.41. The van der Waals surface area contributed by atoms with Gasteiger partial charge in [-0.3, -0.25) is 4.79 Å². The highest BCUT2D eigenvalue weighted by atomic mass is 32.1. The van der Waals surface area contributed by atoms with Crippen LogP contribution in [0.3, 0.4) is 0 Å². The van der Waals surface area contributed by atoms with Gasteiger partial charge in [-0.2, -0.15) is 0 Å². The van der Waals surface area contributed by atoms with E-state index in [1.807, 2.05) is 13.8 Å². The fourth-order valence-corrected chi connectivity index (χ4v) is 3.06. The molecule has 0 saturated carbocycles. The summed E-state index contributed by atoms with van der Waals surface area (Å²) < 4.78 is 2.08. The lowest BCUT2D eigenvalue weighted by molar-refractivity contribution is 0.0930. The number of nitrogens with zero attached hydrogens (tertiary/aromatic N) is 4. The van der Waals surface area contributed by atoms with Crippen LogP contribution in [0.25, 0.3) is 0 Å². The van der Waals surface area contributed by atoms with Gasteiger partial charge in [0.15, 0.2) is 0 Å². The number of carbonyl (C=O) groups excluding carboxylic acids is 1. The van der Waals surface area contributed by atoms with E-state index in [-0.39, 0.29) is 11.9 Å². The second-order valence-corrected chi connectivity index (χ2v) is 5.60. The van der Waals surface area contributed by atoms with Gasteiger partial charge < -0.3 is 9.88 Å². The molecule has 0 spiro atoms. The quantitative estimate of drug-likeness (QED) is 0.892. The topological polar surface area (TPSA) is 72.7 Å². The second kappa shape index (κ2) is 4.73. The van der Waals surface area contributed by atoms with Crippen LogP contribution >= 0.6 is 11.3 Å². The molecule has 100 valence electrons. The molecule has 19 heavy (non-hydrogen) atoms. The number of aryl methyl sites for hydroxylation is 3. The van der Waals surface area contributed by atoms with Crippen molar-refractivity contribution in [2.24, 2.45) is 0 Å². The van der Waals surface area contributed by atoms with Crippen LogP contribution in [0.4, 0.5) is 0 Å². The number of hydrogen-bond donors (Lipinski definition) is 1. The van der Waals surface area contributed by atoms with Gasteiger partial charge in [0.2, 0.25) is 0 Å². The van der Waals surface area contributed by atoms with E-state index in [2.05, 4.69) is 25.1 Å². The van der Waals surface area contributed by atoms with Gasteiger partial charge in [-0.15, -0.1) is 21.5 Å². The molecule has 0 aromatic carbocycles. The largest absolute Gasteiger partial charge is 0.347 e. The van der Waals surface area contributed by atoms with E-state index in [4.69, 9.17) is 0 Å². The molecular weight excluding hydrogens is 262 g/mol. The molecule has 3 heterocycles. The van der Waals surface area contributed by atoms with Gasteiger partial charge in [-0.1, -0.05) is 0 Å². The summed E-state index contributed by atoms with van der Waals surface area (Å²) in [6.07, 6.45) is 1.76. The zero-order chi connectivity index (χ0) is 13.4. The fourth-order valence-electron chi connectivity index (χ4n) is 2.35. The number of carbonyl (C=O) groups is 1. The number of thiazole rings is 1. The minimum Gasteiger partial charge on any atom is -0.347 e. The molecule has 1 amide bonds. The van der Waals surface area contributed by atoms with Crippen molar-refractivity contribution in [3.05, 3.63) is 27.7 Å². The zero-order valence-electron chi connectivity index (χ0n) is 10.9. The Morgan fingerprint density at radius 1 is 1.47 bits per heavy atom. The van der Waals surface area contributed by atoms with E-state index in [0.29, 0.717) is 4.88 Å². The van der Waals surface area contributed by atoms with Crippen LogP contribution in [-0.2, 0) is 13.0 Å². The van der Waals surface area contributed by atoms with E-state index in [9.17, 15) is 4.79 Å². The van der Waals surface area contributed by atoms with Gasteiger partial charge in [0.1, 0.15) is 16.5 Å². The highest BCUT2D eigenvalue weighted by Gasteiger charge is 2.24. The maximum absolute atomic E-state index is 12.1. The van der Waals surface area contributed by atoms with Crippen molar-refractivity contribution in [2.45, 2.75) is 39.3 Å². The van der Waals surface area contributed by atoms with Gasteiger partial charge >= 0.3 is 0 Å². The molecule has 1 N–H and O–H groups in total. The lowest BCUT2D eigenvalue weighted by atomic mass is 10.1. The van der Waals surface area contributed by atoms with Crippen LogP contribution in [0.15, 0.2) is 5.51 Å². The van der Waals surface area contributed by atoms with Crippen LogP contribution in [0.5, 0.6) is 0 Å². The summed E-state index contributed by atoms with van der Waals surface area (Å²) in [5.74, 6) is 1.89. The predicted octanol–water partition coefficient (Wildman–Crippen LogP) is 1.10. The van der Waals surface area contributed by atoms with Crippen molar-refractivity contribution in [2.75, 3.05) is 0 Å². The Kier molecular flexibility index (Phi) is 3.06. The standard InChI is InChI=1S/C12H15N5OS/c1-7-11(19-6-13-7)12(18)14-9-3-4-10-16-15-8(2)17(10)5-9/h6,9H,3-5H2,1-2H3,(H,14,18). The van der Waals surface area contributed by atoms with Gasteiger partial charge in [-0.25, -0.2) is 4.98 Å². The van der Waals surface area contributed by atoms with Crippen molar-refractivity contribution >= 4 is 17.2 Å². The molecule has 3 rings (SSSR count). The third kappa shape index (κ3) is 2.25. The van der Waals surface area contributed by atoms with Crippen molar-refractivity contribution in [1.82, 2.24) is 25.1 Å². The smallest absolute Gasteiger partial charge is 0.263 e. The number of hydrogen-bond acceptors (Lipinski definition) is 5. The van der Waals surface area contributed by atoms with Crippen LogP contribution in [0.2, 0.25) is 0 Å². The first-order valence-corrected chi connectivity index (χ1v) is 7.12. The highest BCUT2D eigenvalue weighted by Crippen LogP contribution is 2.17. The summed E-state index contributed by atoms with van der Waals surface area (Å²) in [5.41, 5.74) is 2.49. The summed E-state index contributed by atoms with van der Waals surface area (Å²) in [6.45, 7) is 4.54. The Labute approximate surface area is 114 Å². The van der Waals surface area contributed by atoms with Gasteiger partial charge in [0.25, 0.3) is 5.91 Å². The van der Waals surface area contributed by atoms with E-state index in [0.717, 1.165) is 36.7 Å². The minimum atomic E-state index is -0.0285. The molecule has 0 saturated heterocycles. The van der Waals surface area contributed by atoms with Gasteiger partial charge in [0, 0.05) is 19.0 Å². The molecule has 0 bridgehead atoms. The van der Waals surface area contributed by atoms with Crippen molar-refractivity contribution in [3.63, 3.8) is 0 Å². The fraction of sp³-hybridized carbons (Fsp3) is 0.500. The number of rotatable bonds is 2. The third-order valence-corrected chi connectivity index (χ3v) is 4.35. The highest BCUT2D eigenvalue weighted by molar-refractivity contribution is 7.11. The monoisotopic (exact) mass is 277 g/mol. The van der Waals surface area contributed by atoms with Crippen molar-refractivity contribution in [1.29, 1.82) is 0 Å². The van der Waals surface area contributed by atoms with E-state index in [1.54, 1.807) is 5.51 Å². The first-order chi connectivity index (χ1) is 9.15. The molecule has 0 radical (unpaired) electrons. The Hall–Kier alpha value is -1.76. The third-order valence-electron chi connectivity index (χ3n) is 3.42. The first-order valence-electron chi connectivity index (χ1n) is 6.25. The Morgan fingerprint density at radius 2 is 2.32 bits per heavy atom. The van der Waals surface area contributed by atoms with Crippen molar-refractivity contribution < 1.29 is 4.79 Å². The number of aromatic nitrogens is 4. The number of amides is 1. The molecule has 0 fully saturated rings. The van der Waals surface area contributed by atoms with E-state index in [1.165, 1.54) is 11.3 Å². The van der Waals surface area contributed by atoms with Gasteiger partial charge in [-0.05, 0) is 20.3 Å². The zero-order valence-corrected chi connectivity index (χ0v) is 11.7. The number of fused-ring (bicyclic) bond motifs is 1. The summed E-state index contributed by atoms with van der Waals surface area (Å²) >= 11 is 1.38. The second-order valence-electron chi connectivity index (χ2n) is 4.75. The molecule has 1 aliphatic rings. The average Bonchev–Trinajstić information content (AvgIpc) is 2.97. The lowest BCUT2D eigenvalue weighted by Gasteiger charge is -2.24. The van der Waals surface area contributed by atoms with Gasteiger partial charge in [0.05, 0.1) is 11.2 Å². The van der Waals surface area contributed by atoms with Crippen LogP contribution in [0.1, 0.15) is 33.4 Å². The first kappa shape index (κ1) is 12.3. The minimum absolute atomic E-state index is 0.0285. The molecule has 6 nitrogen and oxygen atoms in total. The predicted molar refractivity (Wildman–Crippen MR) is 71.2 cm³/mol. The molecule has 1 atom stereocenters. The average molecular weight is 277 g/mol. The normalized spacial score (nSPS) is 18.1. The van der Waals surface area contributed by atoms with Crippen LogP contribution in [0, 0.1) is 13.8 Å². The Bertz CT molecular complexity index is 617. The molecule has 0 aliphatic carbocycles. The Balaban J connectivity index is 1.71. The van der Waals surface area contributed by atoms with Crippen LogP contribution in [-0.4, -0.2) is 31.7 Å². The van der Waals surface area contributed by atoms with Crippen molar-refractivity contribution in [3.8, 4) is 0 Å². The molecular formula is C12H15N5OS. The SMILES string of the molecule is Cc1ncsc1C(=O)NC1CCc2nnc(C)n2C1. The molecule has 7 heteroatoms. The number of nitrogens with one attached hydrogen (secondary N) is 1. The van der Waals surface area contributed by atoms with E-state index >= 15 is 0 Å². The summed E-state index contributed by atoms with van der Waals surface area (Å²) in [7, 11) is 0. The maximum Gasteiger partial charge on any atom is 0.263 e. The summed E-state index contributed by atoms with van der Waals surface area (Å²) in [4.78, 5) is 17.0.